The number of unbranched alkanes of at least 4 members (excludes halogenated alkanes) is 4. The molecular weight excluding hydrogens is 620 g/mol. The Morgan fingerprint density at radius 2 is 0.740 bits per heavy atom. The van der Waals surface area contributed by atoms with Gasteiger partial charge in [0.2, 0.25) is 0 Å². The van der Waals surface area contributed by atoms with E-state index in [1.54, 1.807) is 0 Å². The number of rotatable bonds is 32. The van der Waals surface area contributed by atoms with Crippen molar-refractivity contribution in [3.63, 3.8) is 0 Å². The Hall–Kier alpha value is -3.70. The van der Waals surface area contributed by atoms with Gasteiger partial charge in [-0.25, -0.2) is 0 Å². The van der Waals surface area contributed by atoms with E-state index in [0.29, 0.717) is 12.8 Å². The van der Waals surface area contributed by atoms with Crippen LogP contribution >= 0.6 is 0 Å². The molecule has 0 aromatic rings. The van der Waals surface area contributed by atoms with Gasteiger partial charge in [0.05, 0.1) is 0 Å². The van der Waals surface area contributed by atoms with Gasteiger partial charge in [0.15, 0.2) is 0 Å². The van der Waals surface area contributed by atoms with Crippen LogP contribution in [0.15, 0.2) is 122 Å². The lowest BCUT2D eigenvalue weighted by Gasteiger charge is -2.12. The molecule has 50 heavy (non-hydrogen) atoms. The Morgan fingerprint density at radius 3 is 1.14 bits per heavy atom. The topological polar surface area (TPSA) is 72.8 Å². The first kappa shape index (κ1) is 46.3. The second kappa shape index (κ2) is 39.7. The molecule has 1 atom stereocenters. The van der Waals surface area contributed by atoms with Crippen LogP contribution in [0.25, 0.3) is 0 Å². The minimum atomic E-state index is -1.01. The molecule has 0 saturated heterocycles. The van der Waals surface area contributed by atoms with Gasteiger partial charge in [-0.05, 0) is 89.9 Å². The molecule has 0 aliphatic heterocycles. The fourth-order valence-corrected chi connectivity index (χ4v) is 4.39. The number of hydrogen-bond acceptors (Lipinski definition) is 5. The highest BCUT2D eigenvalue weighted by Crippen LogP contribution is 2.08. The average molecular weight is 689 g/mol. The molecule has 0 fully saturated rings. The van der Waals surface area contributed by atoms with Gasteiger partial charge in [0.25, 0.3) is 0 Å². The standard InChI is InChI=1S/C45H68O5/c1-3-5-7-9-11-13-15-17-19-21-22-24-26-28-30-32-34-36-38-40-45(48)50-42-43(46)41-49-44(47)39-37-35-33-31-29-27-25-23-20-18-16-14-12-10-8-6-4-2/h5-8,11-14,17-20,22,24-25,27-28,30,34,36,43,46H,3-4,9-10,15-16,21,23,26,29,31-33,35,37-42H2,1-2H3/b7-5-,8-6-,13-11-,14-12-,19-17-,20-18-,24-22-,27-25-,30-28-,36-34-/t43-/m1/s1. The highest BCUT2D eigenvalue weighted by atomic mass is 16.6. The number of aliphatic hydroxyl groups excluding tert-OH is 1. The van der Waals surface area contributed by atoms with Crippen molar-refractivity contribution >= 4 is 11.9 Å². The summed E-state index contributed by atoms with van der Waals surface area (Å²) < 4.78 is 10.2. The van der Waals surface area contributed by atoms with Gasteiger partial charge in [-0.1, -0.05) is 148 Å². The molecule has 278 valence electrons. The van der Waals surface area contributed by atoms with Gasteiger partial charge in [0, 0.05) is 12.8 Å². The number of aliphatic hydroxyl groups is 1. The Labute approximate surface area is 305 Å². The van der Waals surface area contributed by atoms with Gasteiger partial charge < -0.3 is 14.6 Å². The molecular formula is C45H68O5. The highest BCUT2D eigenvalue weighted by Gasteiger charge is 2.11. The van der Waals surface area contributed by atoms with E-state index in [0.717, 1.165) is 96.3 Å². The van der Waals surface area contributed by atoms with Crippen LogP contribution in [-0.4, -0.2) is 36.4 Å². The van der Waals surface area contributed by atoms with Gasteiger partial charge in [-0.2, -0.15) is 0 Å². The Bertz CT molecular complexity index is 1100. The second-order valence-corrected chi connectivity index (χ2v) is 11.9. The third-order valence-electron chi connectivity index (χ3n) is 7.21. The molecule has 0 amide bonds. The summed E-state index contributed by atoms with van der Waals surface area (Å²) in [4.78, 5) is 23.9. The van der Waals surface area contributed by atoms with E-state index >= 15 is 0 Å². The molecule has 0 aliphatic rings. The molecule has 0 heterocycles. The van der Waals surface area contributed by atoms with Crippen molar-refractivity contribution < 1.29 is 24.2 Å². The molecule has 0 spiro atoms. The summed E-state index contributed by atoms with van der Waals surface area (Å²) in [5.74, 6) is -0.702. The number of allylic oxidation sites excluding steroid dienone is 20. The van der Waals surface area contributed by atoms with Crippen molar-refractivity contribution in [3.05, 3.63) is 122 Å². The summed E-state index contributed by atoms with van der Waals surface area (Å²) in [5, 5.41) is 10.00. The third-order valence-corrected chi connectivity index (χ3v) is 7.21. The minimum Gasteiger partial charge on any atom is -0.463 e. The number of ether oxygens (including phenoxy) is 2. The highest BCUT2D eigenvalue weighted by molar-refractivity contribution is 5.70. The Kier molecular flexibility index (Phi) is 36.8. The smallest absolute Gasteiger partial charge is 0.306 e. The lowest BCUT2D eigenvalue weighted by molar-refractivity contribution is -0.152. The SMILES string of the molecule is CC/C=C\C/C=C\C/C=C\C/C=C\C/C=C\C/C=C\CCC(=O)OC[C@H](O)COC(=O)CCCCCC/C=C\C/C=C\C/C=C\C/C=C\CC. The van der Waals surface area contributed by atoms with Crippen LogP contribution in [0, 0.1) is 0 Å². The molecule has 0 bridgehead atoms. The van der Waals surface area contributed by atoms with E-state index in [-0.39, 0.29) is 31.6 Å². The summed E-state index contributed by atoms with van der Waals surface area (Å²) in [5.41, 5.74) is 0. The van der Waals surface area contributed by atoms with Crippen LogP contribution in [-0.2, 0) is 19.1 Å². The van der Waals surface area contributed by atoms with E-state index in [1.165, 1.54) is 0 Å². The molecule has 0 rings (SSSR count). The van der Waals surface area contributed by atoms with Gasteiger partial charge in [-0.15, -0.1) is 0 Å². The fourth-order valence-electron chi connectivity index (χ4n) is 4.39. The zero-order valence-corrected chi connectivity index (χ0v) is 31.3. The first-order chi connectivity index (χ1) is 24.6. The predicted octanol–water partition coefficient (Wildman–Crippen LogP) is 12.1. The molecule has 1 N–H and O–H groups in total. The number of hydrogen-bond donors (Lipinski definition) is 1. The van der Waals surface area contributed by atoms with Gasteiger partial charge in [-0.3, -0.25) is 9.59 Å². The molecule has 0 aromatic carbocycles. The molecule has 0 unspecified atom stereocenters. The van der Waals surface area contributed by atoms with Crippen molar-refractivity contribution in [2.75, 3.05) is 13.2 Å². The van der Waals surface area contributed by atoms with Crippen LogP contribution in [0.2, 0.25) is 0 Å². The maximum absolute atomic E-state index is 12.0. The van der Waals surface area contributed by atoms with Crippen molar-refractivity contribution in [2.24, 2.45) is 0 Å². The third kappa shape index (κ3) is 38.7. The van der Waals surface area contributed by atoms with Crippen LogP contribution in [0.1, 0.15) is 129 Å². The molecule has 0 aliphatic carbocycles. The number of carbonyl (C=O) groups excluding carboxylic acids is 2. The fraction of sp³-hybridized carbons (Fsp3) is 0.511. The lowest BCUT2D eigenvalue weighted by Crippen LogP contribution is -2.25. The van der Waals surface area contributed by atoms with Crippen LogP contribution < -0.4 is 0 Å². The second-order valence-electron chi connectivity index (χ2n) is 11.9. The first-order valence-corrected chi connectivity index (χ1v) is 19.1. The van der Waals surface area contributed by atoms with E-state index in [2.05, 4.69) is 123 Å². The van der Waals surface area contributed by atoms with Crippen LogP contribution in [0.3, 0.4) is 0 Å². The normalized spacial score (nSPS) is 13.6. The molecule has 0 saturated carbocycles. The van der Waals surface area contributed by atoms with E-state index in [4.69, 9.17) is 9.47 Å². The summed E-state index contributed by atoms with van der Waals surface area (Å²) in [7, 11) is 0. The maximum atomic E-state index is 12.0. The average Bonchev–Trinajstić information content (AvgIpc) is 3.12. The van der Waals surface area contributed by atoms with E-state index < -0.39 is 6.10 Å². The monoisotopic (exact) mass is 689 g/mol. The quantitative estimate of drug-likeness (QED) is 0.0433. The molecule has 0 aromatic heterocycles. The van der Waals surface area contributed by atoms with Gasteiger partial charge in [0.1, 0.15) is 19.3 Å². The zero-order chi connectivity index (χ0) is 36.4. The van der Waals surface area contributed by atoms with Crippen molar-refractivity contribution in [1.29, 1.82) is 0 Å². The molecule has 5 nitrogen and oxygen atoms in total. The van der Waals surface area contributed by atoms with Crippen molar-refractivity contribution in [1.82, 2.24) is 0 Å². The molecule has 0 radical (unpaired) electrons. The summed E-state index contributed by atoms with van der Waals surface area (Å²) in [6, 6.07) is 0. The van der Waals surface area contributed by atoms with Crippen LogP contribution in [0.4, 0.5) is 0 Å². The van der Waals surface area contributed by atoms with Gasteiger partial charge >= 0.3 is 11.9 Å². The first-order valence-electron chi connectivity index (χ1n) is 19.1. The lowest BCUT2D eigenvalue weighted by atomic mass is 10.1. The largest absolute Gasteiger partial charge is 0.463 e. The Morgan fingerprint density at radius 1 is 0.420 bits per heavy atom. The summed E-state index contributed by atoms with van der Waals surface area (Å²) in [6.45, 7) is 3.96. The minimum absolute atomic E-state index is 0.162. The Balaban J connectivity index is 3.67. The summed E-state index contributed by atoms with van der Waals surface area (Å²) in [6.07, 6.45) is 58.3. The van der Waals surface area contributed by atoms with E-state index in [9.17, 15) is 14.7 Å². The van der Waals surface area contributed by atoms with Crippen molar-refractivity contribution in [3.8, 4) is 0 Å². The van der Waals surface area contributed by atoms with Crippen LogP contribution in [0.5, 0.6) is 0 Å². The number of carbonyl (C=O) groups is 2. The zero-order valence-electron chi connectivity index (χ0n) is 31.3. The van der Waals surface area contributed by atoms with E-state index in [1.807, 2.05) is 12.2 Å². The van der Waals surface area contributed by atoms with Crippen molar-refractivity contribution in [2.45, 2.75) is 136 Å². The number of esters is 2. The summed E-state index contributed by atoms with van der Waals surface area (Å²) >= 11 is 0. The molecule has 5 heteroatoms. The maximum Gasteiger partial charge on any atom is 0.306 e. The predicted molar refractivity (Wildman–Crippen MR) is 214 cm³/mol.